The Morgan fingerprint density at radius 1 is 1.36 bits per heavy atom. The van der Waals surface area contributed by atoms with E-state index in [1.807, 2.05) is 6.07 Å². The smallest absolute Gasteiger partial charge is 0.263 e. The summed E-state index contributed by atoms with van der Waals surface area (Å²) in [7, 11) is 3.20. The number of para-hydroxylation sites is 1. The number of benzene rings is 1. The number of hydrogen-bond donors (Lipinski definition) is 3. The van der Waals surface area contributed by atoms with Crippen LogP contribution in [-0.4, -0.2) is 35.9 Å². The molecule has 3 rings (SSSR count). The Hall–Kier alpha value is -3.64. The lowest BCUT2D eigenvalue weighted by Crippen LogP contribution is -2.21. The molecule has 2 amide bonds. The summed E-state index contributed by atoms with van der Waals surface area (Å²) in [5.74, 6) is -1.05. The monoisotopic (exact) mass is 396 g/mol. The van der Waals surface area contributed by atoms with Gasteiger partial charge in [-0.1, -0.05) is 12.1 Å². The molecular weight excluding hydrogens is 380 g/mol. The minimum Gasteiger partial charge on any atom is -0.504 e. The molecule has 0 saturated heterocycles. The van der Waals surface area contributed by atoms with Crippen LogP contribution in [0.5, 0.6) is 5.75 Å². The van der Waals surface area contributed by atoms with Gasteiger partial charge in [-0.2, -0.15) is 5.26 Å². The van der Waals surface area contributed by atoms with Crippen molar-refractivity contribution in [1.82, 2.24) is 4.90 Å². The number of aromatic hydroxyl groups is 1. The van der Waals surface area contributed by atoms with Crippen molar-refractivity contribution in [3.05, 3.63) is 51.4 Å². The van der Waals surface area contributed by atoms with Crippen LogP contribution in [0.1, 0.15) is 31.2 Å². The number of phenols is 1. The molecule has 0 aliphatic heterocycles. The summed E-state index contributed by atoms with van der Waals surface area (Å²) < 4.78 is 5.27. The summed E-state index contributed by atoms with van der Waals surface area (Å²) in [4.78, 5) is 26.7. The van der Waals surface area contributed by atoms with Gasteiger partial charge in [0.15, 0.2) is 11.3 Å². The molecule has 8 nitrogen and oxygen atoms in total. The van der Waals surface area contributed by atoms with E-state index in [9.17, 15) is 20.0 Å². The van der Waals surface area contributed by atoms with E-state index in [0.29, 0.717) is 15.8 Å². The van der Waals surface area contributed by atoms with Crippen molar-refractivity contribution in [3.63, 3.8) is 0 Å². The first-order chi connectivity index (χ1) is 13.2. The number of amides is 2. The fourth-order valence-corrected chi connectivity index (χ4v) is 3.80. The third-order valence-corrected chi connectivity index (χ3v) is 5.30. The number of carbonyl (C=O) groups excluding carboxylic acids is 2. The molecule has 0 spiro atoms. The highest BCUT2D eigenvalue weighted by Gasteiger charge is 2.23. The van der Waals surface area contributed by atoms with Crippen LogP contribution in [0.3, 0.4) is 0 Å². The second-order valence-electron chi connectivity index (χ2n) is 6.21. The number of nitrogens with one attached hydrogen (secondary N) is 2. The molecule has 1 aromatic carbocycles. The molecule has 3 N–H and O–H groups in total. The van der Waals surface area contributed by atoms with Gasteiger partial charge in [0.05, 0.1) is 10.4 Å². The zero-order chi connectivity index (χ0) is 20.6. The summed E-state index contributed by atoms with van der Waals surface area (Å²) in [6.45, 7) is 1.64. The third-order valence-electron chi connectivity index (χ3n) is 4.10. The zero-order valence-electron chi connectivity index (χ0n) is 15.3. The average molecular weight is 396 g/mol. The van der Waals surface area contributed by atoms with Crippen LogP contribution >= 0.6 is 11.3 Å². The molecule has 0 saturated carbocycles. The van der Waals surface area contributed by atoms with Gasteiger partial charge in [0.1, 0.15) is 16.6 Å². The van der Waals surface area contributed by atoms with E-state index < -0.39 is 11.5 Å². The summed E-state index contributed by atoms with van der Waals surface area (Å²) >= 11 is 1.00. The second kappa shape index (κ2) is 7.17. The van der Waals surface area contributed by atoms with E-state index in [0.717, 1.165) is 11.3 Å². The van der Waals surface area contributed by atoms with E-state index in [1.54, 1.807) is 33.2 Å². The van der Waals surface area contributed by atoms with Crippen LogP contribution in [0.15, 0.2) is 28.7 Å². The predicted molar refractivity (Wildman–Crippen MR) is 103 cm³/mol. The van der Waals surface area contributed by atoms with E-state index in [-0.39, 0.29) is 33.4 Å². The topological polar surface area (TPSA) is 130 Å². The SMILES string of the molecule is Cc1c(C(=O)N(C)C)sc(NC(=O)c2cc3cccc(O)c3oc2=N)c1C#N. The predicted octanol–water partition coefficient (Wildman–Crippen LogP) is 2.81. The van der Waals surface area contributed by atoms with Crippen molar-refractivity contribution in [2.24, 2.45) is 0 Å². The molecule has 0 fully saturated rings. The Bertz CT molecular complexity index is 1220. The Labute approximate surface area is 163 Å². The maximum Gasteiger partial charge on any atom is 0.263 e. The minimum atomic E-state index is -0.652. The van der Waals surface area contributed by atoms with Crippen LogP contribution in [0.4, 0.5) is 5.00 Å². The number of rotatable bonds is 3. The maximum absolute atomic E-state index is 12.7. The zero-order valence-corrected chi connectivity index (χ0v) is 16.1. The standard InChI is InChI=1S/C19H16N4O4S/c1-9-12(8-20)18(28-15(9)19(26)23(2)3)22-17(25)11-7-10-5-4-6-13(24)14(10)27-16(11)21/h4-7,21,24H,1-3H3,(H,22,25). The van der Waals surface area contributed by atoms with Gasteiger partial charge in [-0.05, 0) is 24.6 Å². The van der Waals surface area contributed by atoms with Crippen LogP contribution in [0, 0.1) is 23.7 Å². The number of nitriles is 1. The lowest BCUT2D eigenvalue weighted by atomic mass is 10.1. The Kier molecular flexibility index (Phi) is 4.90. The molecule has 0 aliphatic rings. The Morgan fingerprint density at radius 2 is 2.07 bits per heavy atom. The minimum absolute atomic E-state index is 0.0615. The molecular formula is C19H16N4O4S. The van der Waals surface area contributed by atoms with Crippen molar-refractivity contribution < 1.29 is 19.1 Å². The number of fused-ring (bicyclic) bond motifs is 1. The van der Waals surface area contributed by atoms with E-state index >= 15 is 0 Å². The highest BCUT2D eigenvalue weighted by atomic mass is 32.1. The maximum atomic E-state index is 12.7. The van der Waals surface area contributed by atoms with Crippen LogP contribution < -0.4 is 10.9 Å². The highest BCUT2D eigenvalue weighted by molar-refractivity contribution is 7.18. The van der Waals surface area contributed by atoms with Crippen LogP contribution in [0.2, 0.25) is 0 Å². The number of thiophene rings is 1. The summed E-state index contributed by atoms with van der Waals surface area (Å²) in [5, 5.41) is 30.5. The van der Waals surface area contributed by atoms with E-state index in [2.05, 4.69) is 5.32 Å². The molecule has 2 aromatic heterocycles. The van der Waals surface area contributed by atoms with Crippen LogP contribution in [-0.2, 0) is 0 Å². The van der Waals surface area contributed by atoms with Crippen molar-refractivity contribution in [3.8, 4) is 11.8 Å². The molecule has 142 valence electrons. The lowest BCUT2D eigenvalue weighted by molar-refractivity contribution is 0.0831. The molecule has 2 heterocycles. The molecule has 0 radical (unpaired) electrons. The van der Waals surface area contributed by atoms with Crippen molar-refractivity contribution in [2.45, 2.75) is 6.92 Å². The van der Waals surface area contributed by atoms with E-state index in [4.69, 9.17) is 9.83 Å². The van der Waals surface area contributed by atoms with E-state index in [1.165, 1.54) is 17.0 Å². The molecule has 0 aliphatic carbocycles. The first-order valence-corrected chi connectivity index (χ1v) is 8.93. The second-order valence-corrected chi connectivity index (χ2v) is 7.23. The third kappa shape index (κ3) is 3.21. The molecule has 0 bridgehead atoms. The molecule has 3 aromatic rings. The highest BCUT2D eigenvalue weighted by Crippen LogP contribution is 2.33. The summed E-state index contributed by atoms with van der Waals surface area (Å²) in [5.41, 5.74) is 0.301. The number of nitrogens with zero attached hydrogens (tertiary/aromatic N) is 2. The van der Waals surface area contributed by atoms with Crippen LogP contribution in [0.25, 0.3) is 11.0 Å². The number of anilines is 1. The van der Waals surface area contributed by atoms with Gasteiger partial charge < -0.3 is 19.7 Å². The first kappa shape index (κ1) is 19.1. The van der Waals surface area contributed by atoms with Gasteiger partial charge in [-0.3, -0.25) is 15.0 Å². The Morgan fingerprint density at radius 3 is 2.71 bits per heavy atom. The molecule has 9 heteroatoms. The number of carbonyl (C=O) groups is 2. The number of hydrogen-bond acceptors (Lipinski definition) is 7. The fraction of sp³-hybridized carbons (Fsp3) is 0.158. The largest absolute Gasteiger partial charge is 0.504 e. The normalized spacial score (nSPS) is 10.5. The first-order valence-electron chi connectivity index (χ1n) is 8.11. The van der Waals surface area contributed by atoms with Gasteiger partial charge >= 0.3 is 0 Å². The lowest BCUT2D eigenvalue weighted by Gasteiger charge is -2.08. The van der Waals surface area contributed by atoms with Gasteiger partial charge in [0.2, 0.25) is 5.55 Å². The molecule has 28 heavy (non-hydrogen) atoms. The van der Waals surface area contributed by atoms with Gasteiger partial charge in [0, 0.05) is 19.5 Å². The number of phenolic OH excluding ortho intramolecular Hbond substituents is 1. The quantitative estimate of drug-likeness (QED) is 0.627. The van der Waals surface area contributed by atoms with Gasteiger partial charge in [0.25, 0.3) is 11.8 Å². The average Bonchev–Trinajstić information content (AvgIpc) is 2.96. The summed E-state index contributed by atoms with van der Waals surface area (Å²) in [6.07, 6.45) is 0. The van der Waals surface area contributed by atoms with Crippen molar-refractivity contribution in [2.75, 3.05) is 19.4 Å². The summed E-state index contributed by atoms with van der Waals surface area (Å²) in [6, 6.07) is 8.08. The fourth-order valence-electron chi connectivity index (χ4n) is 2.63. The Balaban J connectivity index is 2.02. The van der Waals surface area contributed by atoms with Crippen molar-refractivity contribution >= 4 is 39.1 Å². The molecule has 0 unspecified atom stereocenters. The molecule has 0 atom stereocenters. The van der Waals surface area contributed by atoms with Crippen molar-refractivity contribution in [1.29, 1.82) is 10.7 Å². The van der Waals surface area contributed by atoms with Gasteiger partial charge in [-0.15, -0.1) is 11.3 Å². The van der Waals surface area contributed by atoms with Gasteiger partial charge in [-0.25, -0.2) is 0 Å².